The smallest absolute Gasteiger partial charge is 0.257 e. The number of halogens is 1. The van der Waals surface area contributed by atoms with Gasteiger partial charge in [-0.05, 0) is 25.1 Å². The minimum absolute atomic E-state index is 0.0448. The highest BCUT2D eigenvalue weighted by molar-refractivity contribution is 5.97. The summed E-state index contributed by atoms with van der Waals surface area (Å²) in [6.07, 6.45) is 0. The van der Waals surface area contributed by atoms with Crippen molar-refractivity contribution in [3.63, 3.8) is 0 Å². The number of hydrogen-bond donors (Lipinski definition) is 0. The fraction of sp³-hybridized carbons (Fsp3) is 0.278. The lowest BCUT2D eigenvalue weighted by atomic mass is 10.0. The maximum Gasteiger partial charge on any atom is 0.257 e. The normalized spacial score (nSPS) is 11.7. The summed E-state index contributed by atoms with van der Waals surface area (Å²) < 4.78 is 24.2. The van der Waals surface area contributed by atoms with Crippen LogP contribution in [-0.2, 0) is 0 Å². The number of ether oxygens (including phenoxy) is 2. The molecule has 0 unspecified atom stereocenters. The van der Waals surface area contributed by atoms with Crippen LogP contribution in [0.1, 0.15) is 28.9 Å². The molecule has 0 N–H and O–H groups in total. The Labute approximate surface area is 135 Å². The van der Waals surface area contributed by atoms with Crippen molar-refractivity contribution in [2.75, 3.05) is 21.3 Å². The number of benzene rings is 2. The van der Waals surface area contributed by atoms with Gasteiger partial charge in [0.15, 0.2) is 11.6 Å². The first kappa shape index (κ1) is 16.8. The third-order valence-electron chi connectivity index (χ3n) is 3.89. The van der Waals surface area contributed by atoms with E-state index in [0.29, 0.717) is 5.75 Å². The lowest BCUT2D eigenvalue weighted by Crippen LogP contribution is -2.30. The molecule has 0 saturated heterocycles. The zero-order chi connectivity index (χ0) is 17.0. The van der Waals surface area contributed by atoms with Gasteiger partial charge in [-0.1, -0.05) is 24.3 Å². The number of hydrogen-bond acceptors (Lipinski definition) is 3. The summed E-state index contributed by atoms with van der Waals surface area (Å²) in [5, 5.41) is 0. The molecule has 0 bridgehead atoms. The Kier molecular flexibility index (Phi) is 5.21. The zero-order valence-corrected chi connectivity index (χ0v) is 13.7. The highest BCUT2D eigenvalue weighted by Gasteiger charge is 2.24. The molecule has 5 heteroatoms. The first-order valence-electron chi connectivity index (χ1n) is 7.23. The van der Waals surface area contributed by atoms with Crippen LogP contribution in [-0.4, -0.2) is 32.1 Å². The van der Waals surface area contributed by atoms with Crippen LogP contribution in [0.4, 0.5) is 4.39 Å². The molecule has 2 rings (SSSR count). The fourth-order valence-corrected chi connectivity index (χ4v) is 2.47. The van der Waals surface area contributed by atoms with Crippen LogP contribution in [0.2, 0.25) is 0 Å². The van der Waals surface area contributed by atoms with Gasteiger partial charge < -0.3 is 14.4 Å². The highest BCUT2D eigenvalue weighted by Crippen LogP contribution is 2.31. The molecular formula is C18H20FNO3. The lowest BCUT2D eigenvalue weighted by Gasteiger charge is -2.27. The number of rotatable bonds is 5. The topological polar surface area (TPSA) is 38.8 Å². The summed E-state index contributed by atoms with van der Waals surface area (Å²) in [6.45, 7) is 1.89. The summed E-state index contributed by atoms with van der Waals surface area (Å²) in [7, 11) is 4.60. The molecule has 23 heavy (non-hydrogen) atoms. The number of carbonyl (C=O) groups excluding carboxylic acids is 1. The molecule has 0 spiro atoms. The van der Waals surface area contributed by atoms with Crippen molar-refractivity contribution in [2.45, 2.75) is 13.0 Å². The summed E-state index contributed by atoms with van der Waals surface area (Å²) in [6, 6.07) is 11.6. The number of methoxy groups -OCH3 is 2. The largest absolute Gasteiger partial charge is 0.496 e. The van der Waals surface area contributed by atoms with Crippen molar-refractivity contribution < 1.29 is 18.7 Å². The predicted octanol–water partition coefficient (Wildman–Crippen LogP) is 3.68. The minimum Gasteiger partial charge on any atom is -0.496 e. The summed E-state index contributed by atoms with van der Waals surface area (Å²) in [5.41, 5.74) is 1.07. The van der Waals surface area contributed by atoms with E-state index in [0.717, 1.165) is 5.56 Å². The quantitative estimate of drug-likeness (QED) is 0.844. The first-order chi connectivity index (χ1) is 11.0. The van der Waals surface area contributed by atoms with E-state index in [1.807, 2.05) is 31.2 Å². The first-order valence-corrected chi connectivity index (χ1v) is 7.23. The van der Waals surface area contributed by atoms with Gasteiger partial charge in [0.05, 0.1) is 25.8 Å². The fourth-order valence-electron chi connectivity index (χ4n) is 2.47. The second-order valence-electron chi connectivity index (χ2n) is 5.15. The Balaban J connectivity index is 2.35. The molecule has 2 aromatic carbocycles. The molecule has 0 fully saturated rings. The van der Waals surface area contributed by atoms with Gasteiger partial charge in [0, 0.05) is 12.6 Å². The maximum absolute atomic E-state index is 13.8. The van der Waals surface area contributed by atoms with E-state index in [2.05, 4.69) is 0 Å². The average molecular weight is 317 g/mol. The molecule has 0 aromatic heterocycles. The van der Waals surface area contributed by atoms with E-state index < -0.39 is 5.82 Å². The third-order valence-corrected chi connectivity index (χ3v) is 3.89. The molecule has 0 heterocycles. The molecule has 0 radical (unpaired) electrons. The molecule has 2 aromatic rings. The van der Waals surface area contributed by atoms with Crippen LogP contribution in [0.25, 0.3) is 0 Å². The van der Waals surface area contributed by atoms with E-state index in [-0.39, 0.29) is 23.3 Å². The second-order valence-corrected chi connectivity index (χ2v) is 5.15. The summed E-state index contributed by atoms with van der Waals surface area (Å²) >= 11 is 0. The van der Waals surface area contributed by atoms with Crippen molar-refractivity contribution in [1.29, 1.82) is 0 Å². The Morgan fingerprint density at radius 3 is 2.43 bits per heavy atom. The molecule has 0 saturated carbocycles. The van der Waals surface area contributed by atoms with Gasteiger partial charge in [0.25, 0.3) is 5.91 Å². The molecule has 0 aliphatic rings. The van der Waals surface area contributed by atoms with Crippen molar-refractivity contribution >= 4 is 5.91 Å². The van der Waals surface area contributed by atoms with Gasteiger partial charge in [0.1, 0.15) is 5.75 Å². The predicted molar refractivity (Wildman–Crippen MR) is 86.5 cm³/mol. The van der Waals surface area contributed by atoms with Crippen LogP contribution in [0.5, 0.6) is 11.5 Å². The van der Waals surface area contributed by atoms with Crippen molar-refractivity contribution in [3.8, 4) is 11.5 Å². The van der Waals surface area contributed by atoms with Crippen LogP contribution in [0.3, 0.4) is 0 Å². The van der Waals surface area contributed by atoms with Gasteiger partial charge in [0.2, 0.25) is 0 Å². The van der Waals surface area contributed by atoms with Crippen molar-refractivity contribution in [2.24, 2.45) is 0 Å². The van der Waals surface area contributed by atoms with E-state index in [1.54, 1.807) is 20.2 Å². The van der Waals surface area contributed by atoms with Crippen LogP contribution in [0, 0.1) is 5.82 Å². The number of carbonyl (C=O) groups is 1. The van der Waals surface area contributed by atoms with Gasteiger partial charge in [-0.3, -0.25) is 4.79 Å². The summed E-state index contributed by atoms with van der Waals surface area (Å²) in [4.78, 5) is 14.3. The van der Waals surface area contributed by atoms with E-state index >= 15 is 0 Å². The molecule has 1 amide bonds. The second kappa shape index (κ2) is 7.13. The molecule has 0 aliphatic heterocycles. The lowest BCUT2D eigenvalue weighted by molar-refractivity contribution is 0.0736. The average Bonchev–Trinajstić information content (AvgIpc) is 2.59. The summed E-state index contributed by atoms with van der Waals surface area (Å²) in [5.74, 6) is -0.223. The SMILES string of the molecule is COc1ccccc1[C@H](C)N(C)C(=O)c1cccc(F)c1OC. The number of para-hydroxylation sites is 2. The standard InChI is InChI=1S/C18H20FNO3/c1-12(13-8-5-6-11-16(13)22-3)20(2)18(21)14-9-7-10-15(19)17(14)23-4/h5-12H,1-4H3/t12-/m0/s1. The Morgan fingerprint density at radius 1 is 1.09 bits per heavy atom. The molecular weight excluding hydrogens is 297 g/mol. The van der Waals surface area contributed by atoms with Gasteiger partial charge >= 0.3 is 0 Å². The van der Waals surface area contributed by atoms with Crippen molar-refractivity contribution in [1.82, 2.24) is 4.90 Å². The van der Waals surface area contributed by atoms with Crippen LogP contribution < -0.4 is 9.47 Å². The highest BCUT2D eigenvalue weighted by atomic mass is 19.1. The molecule has 122 valence electrons. The monoisotopic (exact) mass is 317 g/mol. The minimum atomic E-state index is -0.559. The van der Waals surface area contributed by atoms with Crippen molar-refractivity contribution in [3.05, 3.63) is 59.4 Å². The zero-order valence-electron chi connectivity index (χ0n) is 13.7. The Bertz CT molecular complexity index is 702. The molecule has 1 atom stereocenters. The van der Waals surface area contributed by atoms with E-state index in [4.69, 9.17) is 9.47 Å². The van der Waals surface area contributed by atoms with Gasteiger partial charge in [-0.2, -0.15) is 0 Å². The van der Waals surface area contributed by atoms with E-state index in [9.17, 15) is 9.18 Å². The van der Waals surface area contributed by atoms with Gasteiger partial charge in [-0.25, -0.2) is 4.39 Å². The maximum atomic E-state index is 13.8. The third kappa shape index (κ3) is 3.28. The van der Waals surface area contributed by atoms with Crippen LogP contribution >= 0.6 is 0 Å². The van der Waals surface area contributed by atoms with E-state index in [1.165, 1.54) is 24.1 Å². The number of amides is 1. The number of nitrogens with zero attached hydrogens (tertiary/aromatic N) is 1. The van der Waals surface area contributed by atoms with Crippen LogP contribution in [0.15, 0.2) is 42.5 Å². The van der Waals surface area contributed by atoms with Gasteiger partial charge in [-0.15, -0.1) is 0 Å². The Morgan fingerprint density at radius 2 is 1.78 bits per heavy atom. The molecule has 4 nitrogen and oxygen atoms in total. The molecule has 0 aliphatic carbocycles. The Hall–Kier alpha value is -2.56.